The summed E-state index contributed by atoms with van der Waals surface area (Å²) in [5.74, 6) is 0. The van der Waals surface area contributed by atoms with E-state index in [-0.39, 0.29) is 0 Å². The Kier molecular flexibility index (Phi) is 4.68. The Hall–Kier alpha value is -1.16. The van der Waals surface area contributed by atoms with Crippen LogP contribution in [0.15, 0.2) is 24.3 Å². The molecule has 0 radical (unpaired) electrons. The summed E-state index contributed by atoms with van der Waals surface area (Å²) < 4.78 is 24.7. The molecule has 0 unspecified atom stereocenters. The molecule has 0 heterocycles. The number of anilines is 1. The molecule has 4 heteroatoms. The molecule has 0 aromatic heterocycles. The first-order valence-corrected chi connectivity index (χ1v) is 5.48. The predicted octanol–water partition coefficient (Wildman–Crippen LogP) is 2.80. The second kappa shape index (κ2) is 5.80. The Bertz CT molecular complexity index is 286. The van der Waals surface area contributed by atoms with Crippen molar-refractivity contribution >= 4 is 5.69 Å². The molecule has 90 valence electrons. The van der Waals surface area contributed by atoms with E-state index in [0.29, 0.717) is 5.56 Å². The van der Waals surface area contributed by atoms with Crippen molar-refractivity contribution in [2.75, 3.05) is 18.0 Å². The maximum absolute atomic E-state index is 12.4. The minimum atomic E-state index is -2.51. The van der Waals surface area contributed by atoms with Crippen LogP contribution in [-0.2, 0) is 0 Å². The Morgan fingerprint density at radius 3 is 2.00 bits per heavy atom. The van der Waals surface area contributed by atoms with Crippen LogP contribution in [0.5, 0.6) is 0 Å². The summed E-state index contributed by atoms with van der Waals surface area (Å²) >= 11 is 0. The third-order valence-corrected chi connectivity index (χ3v) is 2.68. The van der Waals surface area contributed by atoms with Crippen LogP contribution >= 0.6 is 0 Å². The number of halogens is 2. The van der Waals surface area contributed by atoms with Crippen LogP contribution in [-0.4, -0.2) is 19.5 Å². The van der Waals surface area contributed by atoms with Crippen LogP contribution < -0.4 is 10.6 Å². The zero-order valence-corrected chi connectivity index (χ0v) is 9.66. The van der Waals surface area contributed by atoms with E-state index in [9.17, 15) is 8.78 Å². The van der Waals surface area contributed by atoms with Gasteiger partial charge in [-0.3, -0.25) is 0 Å². The van der Waals surface area contributed by atoms with Gasteiger partial charge in [0.25, 0.3) is 6.43 Å². The van der Waals surface area contributed by atoms with Crippen molar-refractivity contribution in [2.24, 2.45) is 5.73 Å². The highest BCUT2D eigenvalue weighted by Crippen LogP contribution is 2.21. The van der Waals surface area contributed by atoms with Crippen molar-refractivity contribution in [3.8, 4) is 0 Å². The van der Waals surface area contributed by atoms with Crippen LogP contribution in [0.25, 0.3) is 0 Å². The van der Waals surface area contributed by atoms with Crippen LogP contribution in [0, 0.1) is 0 Å². The van der Waals surface area contributed by atoms with Gasteiger partial charge >= 0.3 is 0 Å². The second-order valence-electron chi connectivity index (χ2n) is 3.62. The third-order valence-electron chi connectivity index (χ3n) is 2.68. The van der Waals surface area contributed by atoms with Gasteiger partial charge in [0, 0.05) is 18.8 Å². The Labute approximate surface area is 95.1 Å². The normalized spacial score (nSPS) is 12.9. The van der Waals surface area contributed by atoms with Gasteiger partial charge < -0.3 is 10.6 Å². The summed E-state index contributed by atoms with van der Waals surface area (Å²) in [5, 5.41) is 0. The van der Waals surface area contributed by atoms with Gasteiger partial charge in [0.2, 0.25) is 0 Å². The molecule has 16 heavy (non-hydrogen) atoms. The lowest BCUT2D eigenvalue weighted by atomic mass is 10.1. The highest BCUT2D eigenvalue weighted by atomic mass is 19.3. The topological polar surface area (TPSA) is 29.3 Å². The average Bonchev–Trinajstić information content (AvgIpc) is 2.30. The number of benzene rings is 1. The standard InChI is InChI=1S/C12H18F2N2/c1-3-16(4-2)10-7-5-9(6-8-10)11(15)12(13)14/h5-8,11-12H,3-4,15H2,1-2H3/t11-/m1/s1. The van der Waals surface area contributed by atoms with Crippen molar-refractivity contribution in [1.82, 2.24) is 0 Å². The van der Waals surface area contributed by atoms with Gasteiger partial charge in [-0.05, 0) is 31.5 Å². The Morgan fingerprint density at radius 1 is 1.12 bits per heavy atom. The van der Waals surface area contributed by atoms with E-state index < -0.39 is 12.5 Å². The average molecular weight is 228 g/mol. The van der Waals surface area contributed by atoms with Crippen molar-refractivity contribution in [3.63, 3.8) is 0 Å². The van der Waals surface area contributed by atoms with Crippen LogP contribution in [0.1, 0.15) is 25.5 Å². The molecule has 0 spiro atoms. The van der Waals surface area contributed by atoms with E-state index in [2.05, 4.69) is 18.7 Å². The fourth-order valence-corrected chi connectivity index (χ4v) is 1.64. The van der Waals surface area contributed by atoms with Gasteiger partial charge in [0.05, 0.1) is 6.04 Å². The molecule has 0 aliphatic carbocycles. The monoisotopic (exact) mass is 228 g/mol. The lowest BCUT2D eigenvalue weighted by Crippen LogP contribution is -2.22. The summed E-state index contributed by atoms with van der Waals surface area (Å²) in [6.07, 6.45) is -2.51. The van der Waals surface area contributed by atoms with E-state index in [1.165, 1.54) is 0 Å². The van der Waals surface area contributed by atoms with Gasteiger partial charge in [-0.2, -0.15) is 0 Å². The van der Waals surface area contributed by atoms with Crippen molar-refractivity contribution in [2.45, 2.75) is 26.3 Å². The zero-order valence-electron chi connectivity index (χ0n) is 9.66. The van der Waals surface area contributed by atoms with E-state index >= 15 is 0 Å². The minimum absolute atomic E-state index is 0.478. The lowest BCUT2D eigenvalue weighted by Gasteiger charge is -2.21. The molecule has 1 aromatic carbocycles. The van der Waals surface area contributed by atoms with E-state index in [1.54, 1.807) is 12.1 Å². The molecule has 0 saturated heterocycles. The zero-order chi connectivity index (χ0) is 12.1. The number of alkyl halides is 2. The van der Waals surface area contributed by atoms with Gasteiger partial charge in [-0.15, -0.1) is 0 Å². The molecule has 1 aromatic rings. The predicted molar refractivity (Wildman–Crippen MR) is 62.9 cm³/mol. The van der Waals surface area contributed by atoms with Crippen LogP contribution in [0.4, 0.5) is 14.5 Å². The van der Waals surface area contributed by atoms with Crippen molar-refractivity contribution in [1.29, 1.82) is 0 Å². The molecule has 0 amide bonds. The molecule has 0 aliphatic rings. The molecular formula is C12H18F2N2. The first kappa shape index (κ1) is 12.9. The quantitative estimate of drug-likeness (QED) is 0.839. The number of nitrogens with two attached hydrogens (primary N) is 1. The molecule has 0 fully saturated rings. The second-order valence-corrected chi connectivity index (χ2v) is 3.62. The van der Waals surface area contributed by atoms with Crippen molar-refractivity contribution in [3.05, 3.63) is 29.8 Å². The summed E-state index contributed by atoms with van der Waals surface area (Å²) in [6, 6.07) is 5.83. The van der Waals surface area contributed by atoms with Gasteiger partial charge in [-0.25, -0.2) is 8.78 Å². The molecule has 0 saturated carbocycles. The van der Waals surface area contributed by atoms with Gasteiger partial charge in [-0.1, -0.05) is 12.1 Å². The smallest absolute Gasteiger partial charge is 0.257 e. The maximum atomic E-state index is 12.4. The third kappa shape index (κ3) is 2.92. The number of hydrogen-bond donors (Lipinski definition) is 1. The molecule has 2 N–H and O–H groups in total. The fraction of sp³-hybridized carbons (Fsp3) is 0.500. The van der Waals surface area contributed by atoms with Crippen LogP contribution in [0.2, 0.25) is 0 Å². The first-order chi connectivity index (χ1) is 7.60. The maximum Gasteiger partial charge on any atom is 0.257 e. The SMILES string of the molecule is CCN(CC)c1ccc([C@@H](N)C(F)F)cc1. The Balaban J connectivity index is 2.82. The van der Waals surface area contributed by atoms with E-state index in [0.717, 1.165) is 18.8 Å². The van der Waals surface area contributed by atoms with E-state index in [4.69, 9.17) is 5.73 Å². The minimum Gasteiger partial charge on any atom is -0.372 e. The number of hydrogen-bond acceptors (Lipinski definition) is 2. The summed E-state index contributed by atoms with van der Waals surface area (Å²) in [6.45, 7) is 5.91. The summed E-state index contributed by atoms with van der Waals surface area (Å²) in [4.78, 5) is 2.15. The largest absolute Gasteiger partial charge is 0.372 e. The summed E-state index contributed by atoms with van der Waals surface area (Å²) in [7, 11) is 0. The van der Waals surface area contributed by atoms with Crippen LogP contribution in [0.3, 0.4) is 0 Å². The molecular weight excluding hydrogens is 210 g/mol. The van der Waals surface area contributed by atoms with Gasteiger partial charge in [0.1, 0.15) is 0 Å². The first-order valence-electron chi connectivity index (χ1n) is 5.48. The molecule has 2 nitrogen and oxygen atoms in total. The lowest BCUT2D eigenvalue weighted by molar-refractivity contribution is 0.116. The van der Waals surface area contributed by atoms with Gasteiger partial charge in [0.15, 0.2) is 0 Å². The van der Waals surface area contributed by atoms with E-state index in [1.807, 2.05) is 12.1 Å². The molecule has 1 rings (SSSR count). The molecule has 0 aliphatic heterocycles. The highest BCUT2D eigenvalue weighted by Gasteiger charge is 2.17. The Morgan fingerprint density at radius 2 is 1.62 bits per heavy atom. The highest BCUT2D eigenvalue weighted by molar-refractivity contribution is 5.47. The fourth-order valence-electron chi connectivity index (χ4n) is 1.64. The molecule has 0 bridgehead atoms. The number of nitrogens with zero attached hydrogens (tertiary/aromatic N) is 1. The molecule has 1 atom stereocenters. The summed E-state index contributed by atoms with van der Waals surface area (Å²) in [5.41, 5.74) is 6.88. The van der Waals surface area contributed by atoms with Crippen molar-refractivity contribution < 1.29 is 8.78 Å². The number of rotatable bonds is 5.